The van der Waals surface area contributed by atoms with E-state index in [-0.39, 0.29) is 5.91 Å². The predicted octanol–water partition coefficient (Wildman–Crippen LogP) is 4.12. The quantitative estimate of drug-likeness (QED) is 0.513. The second-order valence-electron chi connectivity index (χ2n) is 6.91. The maximum atomic E-state index is 12.8. The number of carbonyl (C=O) groups excluding carboxylic acids is 2. The van der Waals surface area contributed by atoms with E-state index in [9.17, 15) is 19.8 Å². The summed E-state index contributed by atoms with van der Waals surface area (Å²) in [4.78, 5) is 25.1. The van der Waals surface area contributed by atoms with E-state index in [0.717, 1.165) is 0 Å². The van der Waals surface area contributed by atoms with Crippen molar-refractivity contribution in [3.05, 3.63) is 75.8 Å². The van der Waals surface area contributed by atoms with Crippen LogP contribution < -0.4 is 5.32 Å². The van der Waals surface area contributed by atoms with Crippen LogP contribution >= 0.6 is 23.2 Å². The molecule has 28 heavy (non-hydrogen) atoms. The number of hydrogen-bond donors (Lipinski definition) is 3. The van der Waals surface area contributed by atoms with Gasteiger partial charge in [0.1, 0.15) is 5.60 Å². The van der Waals surface area contributed by atoms with Crippen LogP contribution in [0.25, 0.3) is 0 Å². The Morgan fingerprint density at radius 3 is 2.25 bits per heavy atom. The number of ketones is 1. The van der Waals surface area contributed by atoms with Gasteiger partial charge in [0.15, 0.2) is 5.78 Å². The van der Waals surface area contributed by atoms with Crippen molar-refractivity contribution < 1.29 is 19.8 Å². The highest BCUT2D eigenvalue weighted by Crippen LogP contribution is 2.32. The SMILES string of the molecule is CC1CC(O)C=CC1(O)C(=O)c1ccc(NC(=O)c2cc(Cl)cc(Cl)c2)cc1. The number of benzene rings is 2. The van der Waals surface area contributed by atoms with Gasteiger partial charge in [0, 0.05) is 26.9 Å². The molecule has 0 bridgehead atoms. The van der Waals surface area contributed by atoms with Gasteiger partial charge in [-0.25, -0.2) is 0 Å². The summed E-state index contributed by atoms with van der Waals surface area (Å²) in [6, 6.07) is 10.8. The Balaban J connectivity index is 1.75. The summed E-state index contributed by atoms with van der Waals surface area (Å²) in [5, 5.41) is 23.8. The Morgan fingerprint density at radius 2 is 1.68 bits per heavy atom. The molecular formula is C21H19Cl2NO4. The third kappa shape index (κ3) is 4.28. The zero-order valence-corrected chi connectivity index (χ0v) is 16.5. The van der Waals surface area contributed by atoms with Gasteiger partial charge < -0.3 is 15.5 Å². The number of aliphatic hydroxyl groups is 2. The van der Waals surface area contributed by atoms with E-state index >= 15 is 0 Å². The molecule has 3 unspecified atom stereocenters. The minimum atomic E-state index is -1.67. The molecule has 2 aromatic carbocycles. The molecule has 0 heterocycles. The molecule has 2 aromatic rings. The highest BCUT2D eigenvalue weighted by molar-refractivity contribution is 6.35. The average molecular weight is 420 g/mol. The Labute approximate surface area is 172 Å². The lowest BCUT2D eigenvalue weighted by molar-refractivity contribution is 0.0118. The lowest BCUT2D eigenvalue weighted by Gasteiger charge is -2.34. The van der Waals surface area contributed by atoms with Crippen LogP contribution in [-0.2, 0) is 0 Å². The number of halogens is 2. The maximum Gasteiger partial charge on any atom is 0.255 e. The van der Waals surface area contributed by atoms with Crippen LogP contribution in [0.15, 0.2) is 54.6 Å². The molecular weight excluding hydrogens is 401 g/mol. The van der Waals surface area contributed by atoms with Gasteiger partial charge in [0.2, 0.25) is 0 Å². The Hall–Kier alpha value is -2.18. The minimum Gasteiger partial charge on any atom is -0.389 e. The van der Waals surface area contributed by atoms with Crippen LogP contribution in [0.5, 0.6) is 0 Å². The summed E-state index contributed by atoms with van der Waals surface area (Å²) >= 11 is 11.8. The van der Waals surface area contributed by atoms with Crippen LogP contribution in [0.2, 0.25) is 10.0 Å². The molecule has 0 radical (unpaired) electrons. The number of amides is 1. The van der Waals surface area contributed by atoms with Crippen LogP contribution in [0.1, 0.15) is 34.1 Å². The molecule has 3 atom stereocenters. The molecule has 1 amide bonds. The molecule has 3 N–H and O–H groups in total. The van der Waals surface area contributed by atoms with Gasteiger partial charge in [-0.3, -0.25) is 9.59 Å². The zero-order chi connectivity index (χ0) is 20.5. The van der Waals surface area contributed by atoms with E-state index in [0.29, 0.717) is 33.3 Å². The van der Waals surface area contributed by atoms with E-state index < -0.39 is 23.4 Å². The fourth-order valence-electron chi connectivity index (χ4n) is 3.17. The van der Waals surface area contributed by atoms with Crippen molar-refractivity contribution in [1.82, 2.24) is 0 Å². The van der Waals surface area contributed by atoms with Gasteiger partial charge in [0.25, 0.3) is 5.91 Å². The van der Waals surface area contributed by atoms with Gasteiger partial charge in [-0.2, -0.15) is 0 Å². The number of Topliss-reactive ketones (excluding diaryl/α,β-unsaturated/α-hetero) is 1. The topological polar surface area (TPSA) is 86.6 Å². The summed E-state index contributed by atoms with van der Waals surface area (Å²) in [5.41, 5.74) is -0.570. The van der Waals surface area contributed by atoms with Gasteiger partial charge in [-0.1, -0.05) is 36.2 Å². The molecule has 5 nitrogen and oxygen atoms in total. The standard InChI is InChI=1S/C21H19Cl2NO4/c1-12-8-18(25)6-7-21(12,28)19(26)13-2-4-17(5-3-13)24-20(27)14-9-15(22)11-16(23)10-14/h2-7,9-12,18,25,28H,8H2,1H3,(H,24,27). The molecule has 0 aromatic heterocycles. The maximum absolute atomic E-state index is 12.8. The third-order valence-corrected chi connectivity index (χ3v) is 5.25. The van der Waals surface area contributed by atoms with E-state index in [1.807, 2.05) is 0 Å². The Kier molecular flexibility index (Phi) is 5.91. The largest absolute Gasteiger partial charge is 0.389 e. The van der Waals surface area contributed by atoms with Crippen LogP contribution in [0.4, 0.5) is 5.69 Å². The normalized spacial score (nSPS) is 24.0. The van der Waals surface area contributed by atoms with Crippen molar-refractivity contribution in [3.8, 4) is 0 Å². The first-order valence-corrected chi connectivity index (χ1v) is 9.47. The van der Waals surface area contributed by atoms with Crippen LogP contribution in [0.3, 0.4) is 0 Å². The molecule has 0 saturated carbocycles. The number of anilines is 1. The molecule has 0 aliphatic heterocycles. The third-order valence-electron chi connectivity index (χ3n) is 4.81. The summed E-state index contributed by atoms with van der Waals surface area (Å²) in [7, 11) is 0. The number of nitrogens with one attached hydrogen (secondary N) is 1. The van der Waals surface area contributed by atoms with Crippen molar-refractivity contribution in [3.63, 3.8) is 0 Å². The second-order valence-corrected chi connectivity index (χ2v) is 7.78. The minimum absolute atomic E-state index is 0.301. The van der Waals surface area contributed by atoms with Crippen LogP contribution in [-0.4, -0.2) is 33.6 Å². The number of carbonyl (C=O) groups is 2. The molecule has 3 rings (SSSR count). The molecule has 146 valence electrons. The van der Waals surface area contributed by atoms with Gasteiger partial charge in [-0.15, -0.1) is 0 Å². The lowest BCUT2D eigenvalue weighted by Crippen LogP contribution is -2.46. The van der Waals surface area contributed by atoms with Crippen molar-refractivity contribution in [1.29, 1.82) is 0 Å². The first kappa shape index (κ1) is 20.6. The monoisotopic (exact) mass is 419 g/mol. The fraction of sp³-hybridized carbons (Fsp3) is 0.238. The molecule has 1 aliphatic rings. The van der Waals surface area contributed by atoms with Crippen molar-refractivity contribution in [2.24, 2.45) is 5.92 Å². The lowest BCUT2D eigenvalue weighted by atomic mass is 9.75. The van der Waals surface area contributed by atoms with E-state index in [2.05, 4.69) is 5.32 Å². The summed E-state index contributed by atoms with van der Waals surface area (Å²) in [5.74, 6) is -1.27. The predicted molar refractivity (Wildman–Crippen MR) is 109 cm³/mol. The fourth-order valence-corrected chi connectivity index (χ4v) is 3.69. The van der Waals surface area contributed by atoms with E-state index in [1.54, 1.807) is 19.1 Å². The zero-order valence-electron chi connectivity index (χ0n) is 15.0. The van der Waals surface area contributed by atoms with E-state index in [1.165, 1.54) is 42.5 Å². The van der Waals surface area contributed by atoms with Crippen molar-refractivity contribution in [2.45, 2.75) is 25.0 Å². The molecule has 0 fully saturated rings. The Bertz CT molecular complexity index is 922. The first-order valence-electron chi connectivity index (χ1n) is 8.71. The average Bonchev–Trinajstić information content (AvgIpc) is 2.64. The molecule has 7 heteroatoms. The summed E-state index contributed by atoms with van der Waals surface area (Å²) < 4.78 is 0. The summed E-state index contributed by atoms with van der Waals surface area (Å²) in [6.45, 7) is 1.72. The smallest absolute Gasteiger partial charge is 0.255 e. The van der Waals surface area contributed by atoms with Crippen molar-refractivity contribution >= 4 is 40.6 Å². The van der Waals surface area contributed by atoms with Gasteiger partial charge in [0.05, 0.1) is 6.10 Å². The molecule has 0 spiro atoms. The number of aliphatic hydroxyl groups excluding tert-OH is 1. The van der Waals surface area contributed by atoms with E-state index in [4.69, 9.17) is 23.2 Å². The number of rotatable bonds is 4. The second kappa shape index (κ2) is 8.05. The van der Waals surface area contributed by atoms with Gasteiger partial charge in [-0.05, 0) is 60.9 Å². The van der Waals surface area contributed by atoms with Crippen LogP contribution in [0, 0.1) is 5.92 Å². The van der Waals surface area contributed by atoms with Crippen molar-refractivity contribution in [2.75, 3.05) is 5.32 Å². The summed E-state index contributed by atoms with van der Waals surface area (Å²) in [6.07, 6.45) is 2.42. The number of hydrogen-bond acceptors (Lipinski definition) is 4. The highest BCUT2D eigenvalue weighted by atomic mass is 35.5. The first-order chi connectivity index (χ1) is 13.2. The van der Waals surface area contributed by atoms with Gasteiger partial charge >= 0.3 is 0 Å². The molecule has 1 aliphatic carbocycles. The highest BCUT2D eigenvalue weighted by Gasteiger charge is 2.42. The Morgan fingerprint density at radius 1 is 1.07 bits per heavy atom. The molecule has 0 saturated heterocycles.